The fourth-order valence-corrected chi connectivity index (χ4v) is 1.66. The van der Waals surface area contributed by atoms with Crippen LogP contribution in [0, 0.1) is 18.2 Å². The van der Waals surface area contributed by atoms with E-state index in [2.05, 4.69) is 32.5 Å². The molecule has 5 heteroatoms. The van der Waals surface area contributed by atoms with Gasteiger partial charge < -0.3 is 10.6 Å². The summed E-state index contributed by atoms with van der Waals surface area (Å²) in [5.41, 5.74) is 0.648. The van der Waals surface area contributed by atoms with Gasteiger partial charge in [-0.1, -0.05) is 5.92 Å². The van der Waals surface area contributed by atoms with Crippen molar-refractivity contribution in [2.75, 3.05) is 11.9 Å². The molecule has 0 spiro atoms. The first-order valence-corrected chi connectivity index (χ1v) is 5.76. The van der Waals surface area contributed by atoms with Crippen molar-refractivity contribution in [2.24, 2.45) is 0 Å². The van der Waals surface area contributed by atoms with Gasteiger partial charge in [-0.15, -0.1) is 6.42 Å². The maximum atomic E-state index is 12.9. The molecule has 0 aliphatic heterocycles. The van der Waals surface area contributed by atoms with Crippen molar-refractivity contribution in [3.05, 3.63) is 28.5 Å². The zero-order chi connectivity index (χ0) is 12.8. The summed E-state index contributed by atoms with van der Waals surface area (Å²) in [7, 11) is 0. The lowest BCUT2D eigenvalue weighted by molar-refractivity contribution is -0.121. The number of benzene rings is 1. The van der Waals surface area contributed by atoms with Gasteiger partial charge in [0.05, 0.1) is 6.54 Å². The molecule has 0 aliphatic carbocycles. The van der Waals surface area contributed by atoms with E-state index in [4.69, 9.17) is 6.42 Å². The van der Waals surface area contributed by atoms with E-state index in [0.717, 1.165) is 0 Å². The molecule has 1 amide bonds. The number of amides is 1. The van der Waals surface area contributed by atoms with E-state index in [1.165, 1.54) is 12.1 Å². The zero-order valence-electron chi connectivity index (χ0n) is 9.26. The monoisotopic (exact) mass is 298 g/mol. The number of hydrogen-bond acceptors (Lipinski definition) is 2. The van der Waals surface area contributed by atoms with Crippen LogP contribution in [0.2, 0.25) is 0 Å². The molecule has 90 valence electrons. The molecule has 3 nitrogen and oxygen atoms in total. The molecular weight excluding hydrogens is 287 g/mol. The van der Waals surface area contributed by atoms with Gasteiger partial charge in [0.15, 0.2) is 0 Å². The predicted octanol–water partition coefficient (Wildman–Crippen LogP) is 2.14. The van der Waals surface area contributed by atoms with E-state index >= 15 is 0 Å². The van der Waals surface area contributed by atoms with Crippen LogP contribution < -0.4 is 10.6 Å². The lowest BCUT2D eigenvalue weighted by Crippen LogP contribution is -2.37. The summed E-state index contributed by atoms with van der Waals surface area (Å²) in [5.74, 6) is 1.77. The average Bonchev–Trinajstić information content (AvgIpc) is 2.29. The minimum atomic E-state index is -0.454. The topological polar surface area (TPSA) is 41.1 Å². The summed E-state index contributed by atoms with van der Waals surface area (Å²) in [4.78, 5) is 11.5. The maximum absolute atomic E-state index is 12.9. The van der Waals surface area contributed by atoms with Crippen LogP contribution in [0.25, 0.3) is 0 Å². The lowest BCUT2D eigenvalue weighted by atomic mass is 10.2. The Hall–Kier alpha value is -1.54. The van der Waals surface area contributed by atoms with Gasteiger partial charge in [-0.2, -0.15) is 0 Å². The highest BCUT2D eigenvalue weighted by atomic mass is 79.9. The fraction of sp³-hybridized carbons (Fsp3) is 0.250. The Balaban J connectivity index is 2.65. The van der Waals surface area contributed by atoms with Gasteiger partial charge in [0.1, 0.15) is 11.9 Å². The number of rotatable bonds is 4. The molecule has 2 N–H and O–H groups in total. The molecule has 1 aromatic carbocycles. The number of anilines is 1. The van der Waals surface area contributed by atoms with Crippen LogP contribution >= 0.6 is 15.9 Å². The number of terminal acetylenes is 1. The Kier molecular flexibility index (Phi) is 4.98. The highest BCUT2D eigenvalue weighted by Gasteiger charge is 2.12. The Morgan fingerprint density at radius 1 is 1.65 bits per heavy atom. The normalized spacial score (nSPS) is 11.4. The smallest absolute Gasteiger partial charge is 0.242 e. The van der Waals surface area contributed by atoms with E-state index in [1.807, 2.05) is 0 Å². The van der Waals surface area contributed by atoms with Crippen molar-refractivity contribution < 1.29 is 9.18 Å². The van der Waals surface area contributed by atoms with Gasteiger partial charge in [0, 0.05) is 10.2 Å². The molecule has 0 aromatic heterocycles. The molecule has 0 fully saturated rings. The van der Waals surface area contributed by atoms with Crippen molar-refractivity contribution in [2.45, 2.75) is 13.0 Å². The molecule has 1 rings (SSSR count). The van der Waals surface area contributed by atoms with Crippen LogP contribution in [0.4, 0.5) is 10.1 Å². The second-order valence-electron chi connectivity index (χ2n) is 3.41. The van der Waals surface area contributed by atoms with Crippen molar-refractivity contribution in [1.82, 2.24) is 5.32 Å². The predicted molar refractivity (Wildman–Crippen MR) is 69.0 cm³/mol. The van der Waals surface area contributed by atoms with Crippen molar-refractivity contribution in [1.29, 1.82) is 0 Å². The van der Waals surface area contributed by atoms with Gasteiger partial charge in [-0.05, 0) is 41.1 Å². The summed E-state index contributed by atoms with van der Waals surface area (Å²) >= 11 is 3.21. The average molecular weight is 299 g/mol. The quantitative estimate of drug-likeness (QED) is 0.836. The molecule has 1 aromatic rings. The minimum Gasteiger partial charge on any atom is -0.373 e. The number of carbonyl (C=O) groups excluding carboxylic acids is 1. The second kappa shape index (κ2) is 6.26. The SMILES string of the molecule is C#CCNC(=O)C(C)Nc1ccc(F)cc1Br. The third kappa shape index (κ3) is 4.08. The van der Waals surface area contributed by atoms with E-state index in [0.29, 0.717) is 10.2 Å². The Bertz CT molecular complexity index is 456. The number of halogens is 2. The minimum absolute atomic E-state index is 0.190. The molecule has 0 bridgehead atoms. The van der Waals surface area contributed by atoms with Crippen LogP contribution in [0.1, 0.15) is 6.92 Å². The summed E-state index contributed by atoms with van der Waals surface area (Å²) in [5, 5.41) is 5.51. The Labute approximate surface area is 108 Å². The fourth-order valence-electron chi connectivity index (χ4n) is 1.20. The molecule has 1 unspecified atom stereocenters. The molecule has 0 heterocycles. The standard InChI is InChI=1S/C12H12BrFN2O/c1-3-6-15-12(17)8(2)16-11-5-4-9(14)7-10(11)13/h1,4-5,7-8,16H,6H2,2H3,(H,15,17). The van der Waals surface area contributed by atoms with Gasteiger partial charge in [0.25, 0.3) is 0 Å². The van der Waals surface area contributed by atoms with E-state index < -0.39 is 6.04 Å². The molecular formula is C12H12BrFN2O. The summed E-state index contributed by atoms with van der Waals surface area (Å²) < 4.78 is 13.4. The van der Waals surface area contributed by atoms with Gasteiger partial charge in [-0.3, -0.25) is 4.79 Å². The van der Waals surface area contributed by atoms with Gasteiger partial charge in [0.2, 0.25) is 5.91 Å². The highest BCUT2D eigenvalue weighted by Crippen LogP contribution is 2.23. The van der Waals surface area contributed by atoms with Crippen LogP contribution in [0.3, 0.4) is 0 Å². The van der Waals surface area contributed by atoms with Crippen molar-refractivity contribution in [3.63, 3.8) is 0 Å². The summed E-state index contributed by atoms with van der Waals surface area (Å²) in [6.45, 7) is 1.89. The highest BCUT2D eigenvalue weighted by molar-refractivity contribution is 9.10. The van der Waals surface area contributed by atoms with E-state index in [-0.39, 0.29) is 18.3 Å². The van der Waals surface area contributed by atoms with Crippen molar-refractivity contribution in [3.8, 4) is 12.3 Å². The Morgan fingerprint density at radius 3 is 2.94 bits per heavy atom. The van der Waals surface area contributed by atoms with Crippen LogP contribution in [0.5, 0.6) is 0 Å². The first-order valence-electron chi connectivity index (χ1n) is 4.97. The third-order valence-corrected chi connectivity index (χ3v) is 2.72. The van der Waals surface area contributed by atoms with Crippen molar-refractivity contribution >= 4 is 27.5 Å². The molecule has 0 saturated carbocycles. The maximum Gasteiger partial charge on any atom is 0.242 e. The van der Waals surface area contributed by atoms with Crippen LogP contribution in [-0.2, 0) is 4.79 Å². The zero-order valence-corrected chi connectivity index (χ0v) is 10.8. The van der Waals surface area contributed by atoms with Crippen LogP contribution in [0.15, 0.2) is 22.7 Å². The summed E-state index contributed by atoms with van der Waals surface area (Å²) in [6, 6.07) is 3.75. The third-order valence-electron chi connectivity index (χ3n) is 2.06. The molecule has 0 aliphatic rings. The van der Waals surface area contributed by atoms with Crippen LogP contribution in [-0.4, -0.2) is 18.5 Å². The van der Waals surface area contributed by atoms with E-state index in [1.54, 1.807) is 13.0 Å². The second-order valence-corrected chi connectivity index (χ2v) is 4.27. The molecule has 17 heavy (non-hydrogen) atoms. The first-order chi connectivity index (χ1) is 8.04. The molecule has 0 saturated heterocycles. The first kappa shape index (κ1) is 13.5. The van der Waals surface area contributed by atoms with Gasteiger partial charge >= 0.3 is 0 Å². The number of nitrogens with one attached hydrogen (secondary N) is 2. The Morgan fingerprint density at radius 2 is 2.35 bits per heavy atom. The molecule has 0 radical (unpaired) electrons. The molecule has 1 atom stereocenters. The lowest BCUT2D eigenvalue weighted by Gasteiger charge is -2.15. The summed E-state index contributed by atoms with van der Waals surface area (Å²) in [6.07, 6.45) is 5.04. The number of carbonyl (C=O) groups is 1. The largest absolute Gasteiger partial charge is 0.373 e. The van der Waals surface area contributed by atoms with E-state index in [9.17, 15) is 9.18 Å². The number of hydrogen-bond donors (Lipinski definition) is 2. The van der Waals surface area contributed by atoms with Gasteiger partial charge in [-0.25, -0.2) is 4.39 Å².